The number of benzene rings is 2. The van der Waals surface area contributed by atoms with Crippen molar-refractivity contribution in [3.05, 3.63) is 77.0 Å². The van der Waals surface area contributed by atoms with Gasteiger partial charge < -0.3 is 10.6 Å². The molecule has 3 aromatic rings. The molecule has 3 rings (SSSR count). The molecule has 0 saturated heterocycles. The molecule has 0 aliphatic rings. The van der Waals surface area contributed by atoms with Crippen LogP contribution in [0.2, 0.25) is 0 Å². The average molecular weight is 372 g/mol. The number of rotatable bonds is 5. The molecule has 0 spiro atoms. The molecule has 0 aliphatic carbocycles. The van der Waals surface area contributed by atoms with Gasteiger partial charge in [0.25, 0.3) is 0 Å². The Morgan fingerprint density at radius 1 is 0.926 bits per heavy atom. The number of hydrogen-bond acceptors (Lipinski definition) is 4. The number of halogens is 3. The third kappa shape index (κ3) is 4.97. The van der Waals surface area contributed by atoms with Crippen molar-refractivity contribution in [2.24, 2.45) is 0 Å². The molecule has 1 aromatic heterocycles. The Bertz CT molecular complexity index is 939. The van der Waals surface area contributed by atoms with E-state index >= 15 is 0 Å². The van der Waals surface area contributed by atoms with Crippen LogP contribution in [0.25, 0.3) is 0 Å². The van der Waals surface area contributed by atoms with Crippen molar-refractivity contribution in [1.29, 1.82) is 0 Å². The average Bonchev–Trinajstić information content (AvgIpc) is 2.60. The van der Waals surface area contributed by atoms with Crippen LogP contribution in [0.3, 0.4) is 0 Å². The molecule has 0 atom stereocenters. The minimum Gasteiger partial charge on any atom is -0.366 e. The number of aromatic nitrogens is 2. The largest absolute Gasteiger partial charge is 0.416 e. The van der Waals surface area contributed by atoms with Crippen molar-refractivity contribution < 1.29 is 13.2 Å². The van der Waals surface area contributed by atoms with Crippen LogP contribution in [0.5, 0.6) is 0 Å². The van der Waals surface area contributed by atoms with Crippen molar-refractivity contribution in [2.75, 3.05) is 10.6 Å². The van der Waals surface area contributed by atoms with Crippen LogP contribution in [0.1, 0.15) is 22.4 Å². The highest BCUT2D eigenvalue weighted by Gasteiger charge is 2.30. The minimum absolute atomic E-state index is 0.238. The van der Waals surface area contributed by atoms with Gasteiger partial charge in [-0.1, -0.05) is 30.3 Å². The standard InChI is InChI=1S/C20H19F3N4/c1-13-6-3-4-7-15(13)12-24-18-10-14(2)25-19(27-18)26-17-9-5-8-16(11-17)20(21,22)23/h3-11H,12H2,1-2H3,(H2,24,25,26,27). The molecule has 0 radical (unpaired) electrons. The van der Waals surface area contributed by atoms with Gasteiger partial charge in [0.15, 0.2) is 0 Å². The summed E-state index contributed by atoms with van der Waals surface area (Å²) in [5.41, 5.74) is 2.56. The maximum atomic E-state index is 12.9. The van der Waals surface area contributed by atoms with Gasteiger partial charge in [0.05, 0.1) is 5.56 Å². The van der Waals surface area contributed by atoms with Gasteiger partial charge in [0, 0.05) is 24.0 Å². The predicted octanol–water partition coefficient (Wildman–Crippen LogP) is 5.47. The van der Waals surface area contributed by atoms with Gasteiger partial charge in [-0.3, -0.25) is 0 Å². The smallest absolute Gasteiger partial charge is 0.366 e. The van der Waals surface area contributed by atoms with Crippen molar-refractivity contribution in [3.8, 4) is 0 Å². The number of alkyl halides is 3. The summed E-state index contributed by atoms with van der Waals surface area (Å²) in [6.07, 6.45) is -4.40. The van der Waals surface area contributed by atoms with E-state index in [0.29, 0.717) is 18.1 Å². The molecule has 0 unspecified atom stereocenters. The summed E-state index contributed by atoms with van der Waals surface area (Å²) in [4.78, 5) is 8.60. The zero-order valence-electron chi connectivity index (χ0n) is 14.9. The van der Waals surface area contributed by atoms with Gasteiger partial charge >= 0.3 is 6.18 Å². The molecule has 2 N–H and O–H groups in total. The summed E-state index contributed by atoms with van der Waals surface area (Å²) in [6.45, 7) is 4.42. The second kappa shape index (κ2) is 7.65. The molecule has 7 heteroatoms. The normalized spacial score (nSPS) is 11.3. The molecule has 0 saturated carbocycles. The van der Waals surface area contributed by atoms with E-state index in [9.17, 15) is 13.2 Å². The summed E-state index contributed by atoms with van der Waals surface area (Å²) < 4.78 is 38.6. The summed E-state index contributed by atoms with van der Waals surface area (Å²) in [7, 11) is 0. The molecule has 2 aromatic carbocycles. The lowest BCUT2D eigenvalue weighted by Crippen LogP contribution is -2.07. The van der Waals surface area contributed by atoms with Crippen LogP contribution in [0, 0.1) is 13.8 Å². The molecule has 0 amide bonds. The van der Waals surface area contributed by atoms with Gasteiger partial charge in [-0.2, -0.15) is 18.2 Å². The fourth-order valence-corrected chi connectivity index (χ4v) is 2.61. The number of nitrogens with zero attached hydrogens (tertiary/aromatic N) is 2. The summed E-state index contributed by atoms with van der Waals surface area (Å²) in [5.74, 6) is 0.835. The van der Waals surface area contributed by atoms with Crippen LogP contribution in [-0.4, -0.2) is 9.97 Å². The summed E-state index contributed by atoms with van der Waals surface area (Å²) >= 11 is 0. The van der Waals surface area contributed by atoms with Gasteiger partial charge in [0.1, 0.15) is 5.82 Å². The van der Waals surface area contributed by atoms with E-state index in [-0.39, 0.29) is 11.6 Å². The second-order valence-corrected chi connectivity index (χ2v) is 6.20. The highest BCUT2D eigenvalue weighted by molar-refractivity contribution is 5.56. The first-order valence-electron chi connectivity index (χ1n) is 8.39. The molecular formula is C20H19F3N4. The van der Waals surface area contributed by atoms with E-state index < -0.39 is 11.7 Å². The second-order valence-electron chi connectivity index (χ2n) is 6.20. The maximum Gasteiger partial charge on any atom is 0.416 e. The van der Waals surface area contributed by atoms with Gasteiger partial charge in [-0.15, -0.1) is 0 Å². The molecule has 27 heavy (non-hydrogen) atoms. The van der Waals surface area contributed by atoms with Crippen molar-refractivity contribution in [2.45, 2.75) is 26.6 Å². The molecule has 1 heterocycles. The summed E-state index contributed by atoms with van der Waals surface area (Å²) in [6, 6.07) is 14.7. The first kappa shape index (κ1) is 18.7. The van der Waals surface area contributed by atoms with Crippen LogP contribution >= 0.6 is 0 Å². The Labute approximate surface area is 155 Å². The molecule has 0 aliphatic heterocycles. The lowest BCUT2D eigenvalue weighted by Gasteiger charge is -2.12. The van der Waals surface area contributed by atoms with Crippen LogP contribution in [-0.2, 0) is 12.7 Å². The van der Waals surface area contributed by atoms with E-state index in [2.05, 4.69) is 20.6 Å². The zero-order chi connectivity index (χ0) is 19.4. The van der Waals surface area contributed by atoms with Gasteiger partial charge in [-0.25, -0.2) is 4.98 Å². The molecule has 0 bridgehead atoms. The third-order valence-electron chi connectivity index (χ3n) is 4.02. The number of aryl methyl sites for hydroxylation is 2. The molecule has 140 valence electrons. The van der Waals surface area contributed by atoms with Crippen molar-refractivity contribution in [1.82, 2.24) is 9.97 Å². The Morgan fingerprint density at radius 3 is 2.44 bits per heavy atom. The fourth-order valence-electron chi connectivity index (χ4n) is 2.61. The van der Waals surface area contributed by atoms with E-state index in [1.807, 2.05) is 31.2 Å². The monoisotopic (exact) mass is 372 g/mol. The SMILES string of the molecule is Cc1cc(NCc2ccccc2C)nc(Nc2cccc(C(F)(F)F)c2)n1. The Morgan fingerprint density at radius 2 is 1.70 bits per heavy atom. The van der Waals surface area contributed by atoms with E-state index in [0.717, 1.165) is 23.3 Å². The summed E-state index contributed by atoms with van der Waals surface area (Å²) in [5, 5.41) is 6.08. The van der Waals surface area contributed by atoms with Crippen molar-refractivity contribution in [3.63, 3.8) is 0 Å². The lowest BCUT2D eigenvalue weighted by molar-refractivity contribution is -0.137. The van der Waals surface area contributed by atoms with Gasteiger partial charge in [-0.05, 0) is 43.2 Å². The minimum atomic E-state index is -4.40. The fraction of sp³-hybridized carbons (Fsp3) is 0.200. The number of nitrogens with one attached hydrogen (secondary N) is 2. The first-order chi connectivity index (χ1) is 12.8. The number of anilines is 3. The Hall–Kier alpha value is -3.09. The van der Waals surface area contributed by atoms with Crippen LogP contribution in [0.15, 0.2) is 54.6 Å². The maximum absolute atomic E-state index is 12.9. The third-order valence-corrected chi connectivity index (χ3v) is 4.02. The van der Waals surface area contributed by atoms with Crippen LogP contribution in [0.4, 0.5) is 30.6 Å². The molecule has 4 nitrogen and oxygen atoms in total. The topological polar surface area (TPSA) is 49.8 Å². The molecule has 0 fully saturated rings. The molecular weight excluding hydrogens is 353 g/mol. The quantitative estimate of drug-likeness (QED) is 0.624. The van der Waals surface area contributed by atoms with Gasteiger partial charge in [0.2, 0.25) is 5.95 Å². The van der Waals surface area contributed by atoms with E-state index in [1.165, 1.54) is 6.07 Å². The first-order valence-corrected chi connectivity index (χ1v) is 8.39. The highest BCUT2D eigenvalue weighted by Crippen LogP contribution is 2.31. The van der Waals surface area contributed by atoms with E-state index in [4.69, 9.17) is 0 Å². The predicted molar refractivity (Wildman–Crippen MR) is 100 cm³/mol. The number of hydrogen-bond donors (Lipinski definition) is 2. The van der Waals surface area contributed by atoms with E-state index in [1.54, 1.807) is 19.1 Å². The van der Waals surface area contributed by atoms with Crippen LogP contribution < -0.4 is 10.6 Å². The Balaban J connectivity index is 1.77. The zero-order valence-corrected chi connectivity index (χ0v) is 14.9. The lowest BCUT2D eigenvalue weighted by atomic mass is 10.1. The highest BCUT2D eigenvalue weighted by atomic mass is 19.4. The van der Waals surface area contributed by atoms with Crippen molar-refractivity contribution >= 4 is 17.5 Å². The Kier molecular flexibility index (Phi) is 5.30.